The van der Waals surface area contributed by atoms with E-state index in [9.17, 15) is 18.0 Å². The molecule has 0 fully saturated rings. The predicted molar refractivity (Wildman–Crippen MR) is 69.0 cm³/mol. The van der Waals surface area contributed by atoms with Crippen LogP contribution in [-0.4, -0.2) is 10.9 Å². The number of nitrogens with zero attached hydrogens (tertiary/aromatic N) is 1. The molecule has 0 bridgehead atoms. The van der Waals surface area contributed by atoms with Crippen LogP contribution in [0, 0.1) is 6.92 Å². The number of aromatic nitrogens is 1. The Bertz CT molecular complexity index is 665. The number of hydrogen-bond donors (Lipinski definition) is 1. The molecule has 6 heteroatoms. The van der Waals surface area contributed by atoms with E-state index in [1.54, 1.807) is 13.0 Å². The summed E-state index contributed by atoms with van der Waals surface area (Å²) >= 11 is 0. The van der Waals surface area contributed by atoms with Crippen molar-refractivity contribution in [3.05, 3.63) is 41.1 Å². The smallest absolute Gasteiger partial charge is 0.370 e. The van der Waals surface area contributed by atoms with Crippen LogP contribution >= 0.6 is 0 Å². The van der Waals surface area contributed by atoms with Gasteiger partial charge in [-0.2, -0.15) is 13.2 Å². The van der Waals surface area contributed by atoms with Crippen LogP contribution < -0.4 is 5.73 Å². The fourth-order valence-electron chi connectivity index (χ4n) is 2.08. The topological polar surface area (TPSA) is 56.0 Å². The number of amides is 1. The monoisotopic (exact) mass is 282 g/mol. The zero-order valence-electron chi connectivity index (χ0n) is 10.8. The summed E-state index contributed by atoms with van der Waals surface area (Å²) in [5.41, 5.74) is 6.19. The summed E-state index contributed by atoms with van der Waals surface area (Å²) in [6.45, 7) is 1.75. The van der Waals surface area contributed by atoms with Crippen molar-refractivity contribution in [1.82, 2.24) is 4.98 Å². The van der Waals surface area contributed by atoms with Crippen LogP contribution in [0.3, 0.4) is 0 Å². The van der Waals surface area contributed by atoms with Gasteiger partial charge >= 0.3 is 6.18 Å². The Morgan fingerprint density at radius 3 is 2.60 bits per heavy atom. The molecule has 2 rings (SSSR count). The van der Waals surface area contributed by atoms with Gasteiger partial charge in [-0.05, 0) is 43.2 Å². The molecular formula is C14H13F3N2O. The van der Waals surface area contributed by atoms with E-state index in [0.717, 1.165) is 12.1 Å². The Labute approximate surface area is 113 Å². The summed E-state index contributed by atoms with van der Waals surface area (Å²) in [6.07, 6.45) is -4.01. The summed E-state index contributed by atoms with van der Waals surface area (Å²) in [6, 6.07) is 5.11. The maximum Gasteiger partial charge on any atom is 0.416 e. The van der Waals surface area contributed by atoms with Crippen molar-refractivity contribution in [2.45, 2.75) is 25.9 Å². The summed E-state index contributed by atoms with van der Waals surface area (Å²) in [7, 11) is 0. The molecule has 0 saturated carbocycles. The average Bonchev–Trinajstić information content (AvgIpc) is 2.33. The third-order valence-corrected chi connectivity index (χ3v) is 2.99. The van der Waals surface area contributed by atoms with Gasteiger partial charge in [-0.15, -0.1) is 0 Å². The number of primary amides is 1. The third-order valence-electron chi connectivity index (χ3n) is 2.99. The molecule has 0 atom stereocenters. The van der Waals surface area contributed by atoms with Crippen LogP contribution in [0.5, 0.6) is 0 Å². The minimum absolute atomic E-state index is 0.0921. The van der Waals surface area contributed by atoms with E-state index in [1.807, 2.05) is 0 Å². The fourth-order valence-corrected chi connectivity index (χ4v) is 2.08. The Balaban J connectivity index is 2.56. The van der Waals surface area contributed by atoms with E-state index >= 15 is 0 Å². The number of halogens is 3. The number of hydrogen-bond acceptors (Lipinski definition) is 2. The van der Waals surface area contributed by atoms with E-state index in [4.69, 9.17) is 5.73 Å². The Kier molecular flexibility index (Phi) is 3.65. The molecular weight excluding hydrogens is 269 g/mol. The maximum atomic E-state index is 12.7. The van der Waals surface area contributed by atoms with Crippen molar-refractivity contribution >= 4 is 16.8 Å². The van der Waals surface area contributed by atoms with Crippen molar-refractivity contribution in [3.8, 4) is 0 Å². The molecule has 0 aliphatic carbocycles. The van der Waals surface area contributed by atoms with Gasteiger partial charge in [0.1, 0.15) is 0 Å². The molecule has 0 aliphatic rings. The Hall–Kier alpha value is -2.11. The van der Waals surface area contributed by atoms with Crippen molar-refractivity contribution < 1.29 is 18.0 Å². The predicted octanol–water partition coefficient (Wildman–Crippen LogP) is 2.98. The van der Waals surface area contributed by atoms with Gasteiger partial charge in [-0.3, -0.25) is 9.78 Å². The number of pyridine rings is 1. The molecule has 1 aromatic heterocycles. The molecule has 106 valence electrons. The lowest BCUT2D eigenvalue weighted by molar-refractivity contribution is -0.137. The van der Waals surface area contributed by atoms with E-state index < -0.39 is 17.6 Å². The lowest BCUT2D eigenvalue weighted by atomic mass is 10.0. The van der Waals surface area contributed by atoms with Crippen LogP contribution in [0.25, 0.3) is 10.9 Å². The zero-order chi connectivity index (χ0) is 14.9. The van der Waals surface area contributed by atoms with Gasteiger partial charge in [0.25, 0.3) is 0 Å². The highest BCUT2D eigenvalue weighted by Crippen LogP contribution is 2.32. The molecule has 2 N–H and O–H groups in total. The van der Waals surface area contributed by atoms with Crippen LogP contribution in [0.4, 0.5) is 13.2 Å². The number of nitrogens with two attached hydrogens (primary N) is 1. The van der Waals surface area contributed by atoms with Crippen LogP contribution in [0.15, 0.2) is 24.3 Å². The second kappa shape index (κ2) is 5.11. The maximum absolute atomic E-state index is 12.7. The van der Waals surface area contributed by atoms with E-state index in [1.165, 1.54) is 6.07 Å². The second-order valence-electron chi connectivity index (χ2n) is 4.62. The van der Waals surface area contributed by atoms with Gasteiger partial charge in [-0.25, -0.2) is 0 Å². The van der Waals surface area contributed by atoms with Gasteiger partial charge in [0, 0.05) is 17.5 Å². The molecule has 1 heterocycles. The second-order valence-corrected chi connectivity index (χ2v) is 4.62. The molecule has 0 saturated heterocycles. The first-order valence-corrected chi connectivity index (χ1v) is 6.03. The molecule has 0 aliphatic heterocycles. The summed E-state index contributed by atoms with van der Waals surface area (Å²) in [5.74, 6) is -0.486. The minimum atomic E-state index is -4.40. The summed E-state index contributed by atoms with van der Waals surface area (Å²) in [5, 5.41) is 0.409. The van der Waals surface area contributed by atoms with E-state index in [0.29, 0.717) is 28.6 Å². The van der Waals surface area contributed by atoms with Crippen molar-refractivity contribution in [2.24, 2.45) is 5.73 Å². The number of aryl methyl sites for hydroxylation is 2. The fraction of sp³-hybridized carbons (Fsp3) is 0.286. The lowest BCUT2D eigenvalue weighted by Crippen LogP contribution is -2.11. The average molecular weight is 282 g/mol. The van der Waals surface area contributed by atoms with Gasteiger partial charge in [0.2, 0.25) is 5.91 Å². The number of carbonyl (C=O) groups is 1. The summed E-state index contributed by atoms with van der Waals surface area (Å²) < 4.78 is 38.2. The molecule has 0 spiro atoms. The molecule has 2 aromatic rings. The van der Waals surface area contributed by atoms with Crippen LogP contribution in [0.1, 0.15) is 23.2 Å². The first-order valence-electron chi connectivity index (χ1n) is 6.03. The summed E-state index contributed by atoms with van der Waals surface area (Å²) in [4.78, 5) is 15.0. The molecule has 3 nitrogen and oxygen atoms in total. The standard InChI is InChI=1S/C14H13F3N2O/c1-8-6-9(2-5-13(18)20)11-7-10(14(15,16)17)3-4-12(11)19-8/h3-4,6-7H,2,5H2,1H3,(H2,18,20). The minimum Gasteiger partial charge on any atom is -0.370 e. The molecule has 1 aromatic carbocycles. The largest absolute Gasteiger partial charge is 0.416 e. The van der Waals surface area contributed by atoms with Crippen LogP contribution in [-0.2, 0) is 17.4 Å². The van der Waals surface area contributed by atoms with Crippen molar-refractivity contribution in [3.63, 3.8) is 0 Å². The van der Waals surface area contributed by atoms with Crippen molar-refractivity contribution in [1.29, 1.82) is 0 Å². The Morgan fingerprint density at radius 2 is 2.00 bits per heavy atom. The Morgan fingerprint density at radius 1 is 1.30 bits per heavy atom. The number of fused-ring (bicyclic) bond motifs is 1. The molecule has 1 amide bonds. The molecule has 0 unspecified atom stereocenters. The highest BCUT2D eigenvalue weighted by molar-refractivity contribution is 5.84. The van der Waals surface area contributed by atoms with E-state index in [-0.39, 0.29) is 6.42 Å². The number of benzene rings is 1. The molecule has 0 radical (unpaired) electrons. The molecule has 20 heavy (non-hydrogen) atoms. The highest BCUT2D eigenvalue weighted by Gasteiger charge is 2.30. The van der Waals surface area contributed by atoms with Crippen molar-refractivity contribution in [2.75, 3.05) is 0 Å². The lowest BCUT2D eigenvalue weighted by Gasteiger charge is -2.11. The first-order chi connectivity index (χ1) is 9.27. The van der Waals surface area contributed by atoms with Gasteiger partial charge in [-0.1, -0.05) is 0 Å². The van der Waals surface area contributed by atoms with Crippen LogP contribution in [0.2, 0.25) is 0 Å². The first kappa shape index (κ1) is 14.3. The third kappa shape index (κ3) is 3.07. The number of rotatable bonds is 3. The number of carbonyl (C=O) groups excluding carboxylic acids is 1. The highest BCUT2D eigenvalue weighted by atomic mass is 19.4. The SMILES string of the molecule is Cc1cc(CCC(N)=O)c2cc(C(F)(F)F)ccc2n1. The van der Waals surface area contributed by atoms with Gasteiger partial charge < -0.3 is 5.73 Å². The van der Waals surface area contributed by atoms with Gasteiger partial charge in [0.15, 0.2) is 0 Å². The van der Waals surface area contributed by atoms with E-state index in [2.05, 4.69) is 4.98 Å². The van der Waals surface area contributed by atoms with Gasteiger partial charge in [0.05, 0.1) is 11.1 Å². The quantitative estimate of drug-likeness (QED) is 0.940. The normalized spacial score (nSPS) is 11.8. The number of alkyl halides is 3. The zero-order valence-corrected chi connectivity index (χ0v) is 10.8.